The first kappa shape index (κ1) is 24.4. The van der Waals surface area contributed by atoms with E-state index in [9.17, 15) is 19.8 Å². The van der Waals surface area contributed by atoms with Crippen LogP contribution in [0.5, 0.6) is 17.2 Å². The summed E-state index contributed by atoms with van der Waals surface area (Å²) >= 11 is 6.11. The van der Waals surface area contributed by atoms with Crippen molar-refractivity contribution in [1.29, 1.82) is 0 Å². The van der Waals surface area contributed by atoms with E-state index in [0.29, 0.717) is 10.6 Å². The minimum Gasteiger partial charge on any atom is -0.507 e. The smallest absolute Gasteiger partial charge is 0.295 e. The molecule has 0 aromatic heterocycles. The van der Waals surface area contributed by atoms with Crippen LogP contribution in [0.4, 0.5) is 0 Å². The zero-order valence-electron chi connectivity index (χ0n) is 18.8. The summed E-state index contributed by atoms with van der Waals surface area (Å²) in [5, 5.41) is 21.8. The molecule has 3 rings (SSSR count). The lowest BCUT2D eigenvalue weighted by atomic mass is 9.94. The highest BCUT2D eigenvalue weighted by atomic mass is 35.5. The minimum atomic E-state index is -0.971. The van der Waals surface area contributed by atoms with Crippen LogP contribution in [0.2, 0.25) is 5.02 Å². The molecule has 1 heterocycles. The number of phenolic OH excluding ortho intramolecular Hbond substituents is 1. The lowest BCUT2D eigenvalue weighted by molar-refractivity contribution is -0.140. The summed E-state index contributed by atoms with van der Waals surface area (Å²) < 4.78 is 16.0. The monoisotopic (exact) mass is 475 g/mol. The van der Waals surface area contributed by atoms with Crippen molar-refractivity contribution < 1.29 is 34.0 Å². The molecule has 2 aromatic carbocycles. The van der Waals surface area contributed by atoms with Gasteiger partial charge in [0.25, 0.3) is 11.7 Å². The van der Waals surface area contributed by atoms with Crippen molar-refractivity contribution in [2.45, 2.75) is 26.0 Å². The van der Waals surface area contributed by atoms with Gasteiger partial charge < -0.3 is 29.3 Å². The van der Waals surface area contributed by atoms with E-state index >= 15 is 0 Å². The van der Waals surface area contributed by atoms with Gasteiger partial charge in [0.1, 0.15) is 11.5 Å². The van der Waals surface area contributed by atoms with E-state index in [4.69, 9.17) is 25.8 Å². The number of Topliss-reactive ketones (excluding diaryl/α,β-unsaturated/α-hetero) is 1. The molecule has 1 saturated heterocycles. The molecule has 1 aliphatic heterocycles. The highest BCUT2D eigenvalue weighted by Gasteiger charge is 2.46. The van der Waals surface area contributed by atoms with Crippen molar-refractivity contribution in [3.63, 3.8) is 0 Å². The Kier molecular flexibility index (Phi) is 7.50. The standard InChI is InChI=1S/C24H26ClNO7/c1-13(2)33-10-9-26-21(14-5-7-19(32-4)17(27)11-14)20(23(29)24(26)30)22(28)16-12-15(25)6-8-18(16)31-3/h5-8,11-13,21,27-28H,9-10H2,1-4H3/b22-20+. The van der Waals surface area contributed by atoms with Crippen LogP contribution in [-0.2, 0) is 14.3 Å². The first-order chi connectivity index (χ1) is 15.7. The van der Waals surface area contributed by atoms with Crippen LogP contribution in [0.3, 0.4) is 0 Å². The van der Waals surface area contributed by atoms with E-state index in [1.165, 1.54) is 37.3 Å². The third-order valence-electron chi connectivity index (χ3n) is 5.26. The van der Waals surface area contributed by atoms with Crippen LogP contribution >= 0.6 is 11.6 Å². The average molecular weight is 476 g/mol. The molecule has 1 atom stereocenters. The van der Waals surface area contributed by atoms with Gasteiger partial charge in [-0.15, -0.1) is 0 Å². The molecule has 1 fully saturated rings. The van der Waals surface area contributed by atoms with Crippen molar-refractivity contribution in [2.24, 2.45) is 0 Å². The van der Waals surface area contributed by atoms with Crippen LogP contribution in [-0.4, -0.2) is 60.3 Å². The fourth-order valence-electron chi connectivity index (χ4n) is 3.73. The molecular weight excluding hydrogens is 450 g/mol. The highest BCUT2D eigenvalue weighted by Crippen LogP contribution is 2.43. The van der Waals surface area contributed by atoms with Gasteiger partial charge in [-0.3, -0.25) is 9.59 Å². The van der Waals surface area contributed by atoms with E-state index in [1.54, 1.807) is 18.2 Å². The molecule has 33 heavy (non-hydrogen) atoms. The van der Waals surface area contributed by atoms with Gasteiger partial charge in [0.15, 0.2) is 11.5 Å². The molecule has 0 aliphatic carbocycles. The number of aliphatic hydroxyl groups is 1. The van der Waals surface area contributed by atoms with Crippen LogP contribution in [0, 0.1) is 0 Å². The van der Waals surface area contributed by atoms with Gasteiger partial charge in [0, 0.05) is 11.6 Å². The van der Waals surface area contributed by atoms with Gasteiger partial charge in [-0.25, -0.2) is 0 Å². The Balaban J connectivity index is 2.19. The van der Waals surface area contributed by atoms with Crippen LogP contribution in [0.1, 0.15) is 31.0 Å². The van der Waals surface area contributed by atoms with E-state index in [1.807, 2.05) is 13.8 Å². The van der Waals surface area contributed by atoms with Crippen molar-refractivity contribution in [1.82, 2.24) is 4.90 Å². The molecule has 1 aliphatic rings. The van der Waals surface area contributed by atoms with E-state index < -0.39 is 23.5 Å². The Bertz CT molecular complexity index is 1100. The van der Waals surface area contributed by atoms with Crippen LogP contribution in [0.15, 0.2) is 42.0 Å². The number of benzene rings is 2. The Hall–Kier alpha value is -3.23. The number of carbonyl (C=O) groups excluding carboxylic acids is 2. The number of halogens is 1. The number of hydrogen-bond donors (Lipinski definition) is 2. The zero-order chi connectivity index (χ0) is 24.3. The van der Waals surface area contributed by atoms with Crippen molar-refractivity contribution in [2.75, 3.05) is 27.4 Å². The summed E-state index contributed by atoms with van der Waals surface area (Å²) in [6.07, 6.45) is -0.0685. The number of aliphatic hydroxyl groups excluding tert-OH is 1. The number of methoxy groups -OCH3 is 2. The maximum absolute atomic E-state index is 13.1. The zero-order valence-corrected chi connectivity index (χ0v) is 19.5. The maximum atomic E-state index is 13.1. The first-order valence-electron chi connectivity index (χ1n) is 10.3. The minimum absolute atomic E-state index is 0.0685. The Labute approximate surface area is 196 Å². The van der Waals surface area contributed by atoms with Gasteiger partial charge in [-0.2, -0.15) is 0 Å². The summed E-state index contributed by atoms with van der Waals surface area (Å²) in [6.45, 7) is 4.00. The Morgan fingerprint density at radius 1 is 1.09 bits per heavy atom. The van der Waals surface area contributed by atoms with Gasteiger partial charge in [0.05, 0.1) is 44.1 Å². The Morgan fingerprint density at radius 3 is 2.36 bits per heavy atom. The highest BCUT2D eigenvalue weighted by molar-refractivity contribution is 6.46. The fourth-order valence-corrected chi connectivity index (χ4v) is 3.90. The average Bonchev–Trinajstić information content (AvgIpc) is 3.03. The van der Waals surface area contributed by atoms with Gasteiger partial charge >= 0.3 is 0 Å². The van der Waals surface area contributed by atoms with Crippen molar-refractivity contribution >= 4 is 29.1 Å². The fraction of sp³-hybridized carbons (Fsp3) is 0.333. The number of carbonyl (C=O) groups is 2. The van der Waals surface area contributed by atoms with E-state index in [0.717, 1.165) is 0 Å². The molecule has 9 heteroatoms. The molecule has 8 nitrogen and oxygen atoms in total. The molecule has 1 unspecified atom stereocenters. The number of rotatable bonds is 8. The molecule has 0 bridgehead atoms. The summed E-state index contributed by atoms with van der Waals surface area (Å²) in [7, 11) is 2.83. The number of aromatic hydroxyl groups is 1. The summed E-state index contributed by atoms with van der Waals surface area (Å²) in [6, 6.07) is 8.16. The molecule has 1 amide bonds. The van der Waals surface area contributed by atoms with Gasteiger partial charge in [-0.05, 0) is 49.7 Å². The summed E-state index contributed by atoms with van der Waals surface area (Å²) in [5.74, 6) is -1.73. The predicted molar refractivity (Wildman–Crippen MR) is 123 cm³/mol. The lowest BCUT2D eigenvalue weighted by Gasteiger charge is -2.26. The molecule has 0 radical (unpaired) electrons. The largest absolute Gasteiger partial charge is 0.507 e. The third kappa shape index (κ3) is 4.91. The van der Waals surface area contributed by atoms with Crippen molar-refractivity contribution in [3.8, 4) is 17.2 Å². The summed E-state index contributed by atoms with van der Waals surface area (Å²) in [4.78, 5) is 27.4. The number of amides is 1. The number of likely N-dealkylation sites (tertiary alicyclic amines) is 1. The normalized spacial score (nSPS) is 17.6. The topological polar surface area (TPSA) is 106 Å². The maximum Gasteiger partial charge on any atom is 0.295 e. The van der Waals surface area contributed by atoms with Gasteiger partial charge in [0.2, 0.25) is 0 Å². The summed E-state index contributed by atoms with van der Waals surface area (Å²) in [5.41, 5.74) is 0.443. The molecule has 2 aromatic rings. The quantitative estimate of drug-likeness (QED) is 0.338. The second-order valence-corrected chi connectivity index (χ2v) is 8.12. The SMILES string of the molecule is COc1ccc(C2/C(=C(\O)c3cc(Cl)ccc3OC)C(=O)C(=O)N2CCOC(C)C)cc1O. The predicted octanol–water partition coefficient (Wildman–Crippen LogP) is 3.91. The second kappa shape index (κ2) is 10.1. The molecular formula is C24H26ClNO7. The van der Waals surface area contributed by atoms with Gasteiger partial charge in [-0.1, -0.05) is 17.7 Å². The van der Waals surface area contributed by atoms with E-state index in [2.05, 4.69) is 0 Å². The number of phenols is 1. The second-order valence-electron chi connectivity index (χ2n) is 7.69. The van der Waals surface area contributed by atoms with Crippen LogP contribution in [0.25, 0.3) is 5.76 Å². The third-order valence-corrected chi connectivity index (χ3v) is 5.49. The number of ketones is 1. The number of hydrogen-bond acceptors (Lipinski definition) is 7. The number of ether oxygens (including phenoxy) is 3. The first-order valence-corrected chi connectivity index (χ1v) is 10.7. The molecule has 0 saturated carbocycles. The van der Waals surface area contributed by atoms with Crippen molar-refractivity contribution in [3.05, 3.63) is 58.1 Å². The van der Waals surface area contributed by atoms with E-state index in [-0.39, 0.29) is 47.6 Å². The molecule has 2 N–H and O–H groups in total. The lowest BCUT2D eigenvalue weighted by Crippen LogP contribution is -2.33. The Morgan fingerprint density at radius 2 is 1.76 bits per heavy atom. The molecule has 0 spiro atoms. The number of nitrogens with zero attached hydrogens (tertiary/aromatic N) is 1. The molecule has 176 valence electrons. The van der Waals surface area contributed by atoms with Crippen LogP contribution < -0.4 is 9.47 Å².